The largest absolute Gasteiger partial charge is 0.314 e. The van der Waals surface area contributed by atoms with Gasteiger partial charge in [0.15, 0.2) is 0 Å². The van der Waals surface area contributed by atoms with Crippen LogP contribution in [0.25, 0.3) is 0 Å². The van der Waals surface area contributed by atoms with E-state index in [0.29, 0.717) is 0 Å². The minimum Gasteiger partial charge on any atom is -0.314 e. The standard InChI is InChI=1S/C15H30N2/c1-3-13-5-4-6-15(11-13)16-12-14-7-9-17(2)10-8-14/h13-16H,3-12H2,1-2H3. The highest BCUT2D eigenvalue weighted by molar-refractivity contribution is 4.79. The fourth-order valence-electron chi connectivity index (χ4n) is 3.45. The molecule has 0 aromatic carbocycles. The average molecular weight is 238 g/mol. The zero-order valence-corrected chi connectivity index (χ0v) is 11.8. The number of hydrogen-bond acceptors (Lipinski definition) is 2. The van der Waals surface area contributed by atoms with Gasteiger partial charge in [-0.25, -0.2) is 0 Å². The summed E-state index contributed by atoms with van der Waals surface area (Å²) in [6.07, 6.45) is 9.95. The van der Waals surface area contributed by atoms with E-state index in [4.69, 9.17) is 0 Å². The number of likely N-dealkylation sites (tertiary alicyclic amines) is 1. The Labute approximate surface area is 107 Å². The fourth-order valence-corrected chi connectivity index (χ4v) is 3.45. The summed E-state index contributed by atoms with van der Waals surface area (Å²) in [5.41, 5.74) is 0. The SMILES string of the molecule is CCC1CCCC(NCC2CCN(C)CC2)C1. The Morgan fingerprint density at radius 1 is 1.06 bits per heavy atom. The normalized spacial score (nSPS) is 32.8. The highest BCUT2D eigenvalue weighted by Gasteiger charge is 2.22. The van der Waals surface area contributed by atoms with Gasteiger partial charge in [-0.1, -0.05) is 26.2 Å². The van der Waals surface area contributed by atoms with Crippen LogP contribution in [0.5, 0.6) is 0 Å². The predicted molar refractivity (Wildman–Crippen MR) is 74.3 cm³/mol. The summed E-state index contributed by atoms with van der Waals surface area (Å²) >= 11 is 0. The lowest BCUT2D eigenvalue weighted by molar-refractivity contribution is 0.202. The van der Waals surface area contributed by atoms with E-state index in [2.05, 4.69) is 24.2 Å². The van der Waals surface area contributed by atoms with Crippen LogP contribution in [0.2, 0.25) is 0 Å². The second-order valence-electron chi connectivity index (χ2n) is 6.29. The van der Waals surface area contributed by atoms with Crippen molar-refractivity contribution < 1.29 is 0 Å². The Hall–Kier alpha value is -0.0800. The molecule has 1 aliphatic carbocycles. The Morgan fingerprint density at radius 3 is 2.53 bits per heavy atom. The summed E-state index contributed by atoms with van der Waals surface area (Å²) in [6, 6.07) is 0.827. The third kappa shape index (κ3) is 4.26. The molecule has 100 valence electrons. The first kappa shape index (κ1) is 13.4. The average Bonchev–Trinajstić information content (AvgIpc) is 2.38. The Bertz CT molecular complexity index is 209. The molecule has 1 saturated heterocycles. The van der Waals surface area contributed by atoms with Crippen molar-refractivity contribution in [1.82, 2.24) is 10.2 Å². The Kier molecular flexibility index (Phi) is 5.30. The summed E-state index contributed by atoms with van der Waals surface area (Å²) < 4.78 is 0. The van der Waals surface area contributed by atoms with Crippen molar-refractivity contribution in [2.45, 2.75) is 57.9 Å². The van der Waals surface area contributed by atoms with Gasteiger partial charge in [0.1, 0.15) is 0 Å². The molecular weight excluding hydrogens is 208 g/mol. The summed E-state index contributed by atoms with van der Waals surface area (Å²) in [5.74, 6) is 1.94. The van der Waals surface area contributed by atoms with Gasteiger partial charge in [-0.15, -0.1) is 0 Å². The van der Waals surface area contributed by atoms with E-state index >= 15 is 0 Å². The summed E-state index contributed by atoms with van der Waals surface area (Å²) in [6.45, 7) is 6.22. The molecule has 2 nitrogen and oxygen atoms in total. The van der Waals surface area contributed by atoms with Crippen molar-refractivity contribution in [2.75, 3.05) is 26.7 Å². The second-order valence-corrected chi connectivity index (χ2v) is 6.29. The molecule has 1 saturated carbocycles. The van der Waals surface area contributed by atoms with Gasteiger partial charge in [0.05, 0.1) is 0 Å². The number of nitrogens with one attached hydrogen (secondary N) is 1. The van der Waals surface area contributed by atoms with Crippen molar-refractivity contribution in [3.8, 4) is 0 Å². The molecule has 17 heavy (non-hydrogen) atoms. The third-order valence-electron chi connectivity index (χ3n) is 4.89. The topological polar surface area (TPSA) is 15.3 Å². The van der Waals surface area contributed by atoms with Crippen molar-refractivity contribution in [1.29, 1.82) is 0 Å². The van der Waals surface area contributed by atoms with Gasteiger partial charge >= 0.3 is 0 Å². The van der Waals surface area contributed by atoms with Crippen molar-refractivity contribution in [3.05, 3.63) is 0 Å². The van der Waals surface area contributed by atoms with Gasteiger partial charge in [-0.3, -0.25) is 0 Å². The van der Waals surface area contributed by atoms with Crippen molar-refractivity contribution >= 4 is 0 Å². The molecule has 1 aliphatic heterocycles. The molecule has 1 heterocycles. The predicted octanol–water partition coefficient (Wildman–Crippen LogP) is 2.89. The van der Waals surface area contributed by atoms with Crippen molar-refractivity contribution in [3.63, 3.8) is 0 Å². The number of rotatable bonds is 4. The van der Waals surface area contributed by atoms with E-state index in [1.165, 1.54) is 64.6 Å². The molecule has 2 unspecified atom stereocenters. The van der Waals surface area contributed by atoms with Gasteiger partial charge < -0.3 is 10.2 Å². The van der Waals surface area contributed by atoms with E-state index in [1.807, 2.05) is 0 Å². The quantitative estimate of drug-likeness (QED) is 0.810. The van der Waals surface area contributed by atoms with Crippen LogP contribution in [-0.2, 0) is 0 Å². The van der Waals surface area contributed by atoms with Crippen molar-refractivity contribution in [2.24, 2.45) is 11.8 Å². The van der Waals surface area contributed by atoms with Crippen LogP contribution in [0.4, 0.5) is 0 Å². The van der Waals surface area contributed by atoms with E-state index in [1.54, 1.807) is 0 Å². The highest BCUT2D eigenvalue weighted by Crippen LogP contribution is 2.27. The number of hydrogen-bond donors (Lipinski definition) is 1. The molecule has 1 N–H and O–H groups in total. The van der Waals surface area contributed by atoms with E-state index in [9.17, 15) is 0 Å². The van der Waals surface area contributed by atoms with Crippen LogP contribution in [0.3, 0.4) is 0 Å². The molecule has 2 aliphatic rings. The van der Waals surface area contributed by atoms with Gasteiger partial charge in [0.25, 0.3) is 0 Å². The van der Waals surface area contributed by atoms with E-state index in [-0.39, 0.29) is 0 Å². The van der Waals surface area contributed by atoms with E-state index in [0.717, 1.165) is 17.9 Å². The zero-order chi connectivity index (χ0) is 12.1. The first-order valence-electron chi connectivity index (χ1n) is 7.69. The van der Waals surface area contributed by atoms with Crippen LogP contribution in [0.1, 0.15) is 51.9 Å². The molecule has 2 atom stereocenters. The molecule has 2 fully saturated rings. The first-order valence-corrected chi connectivity index (χ1v) is 7.69. The van der Waals surface area contributed by atoms with Crippen LogP contribution in [-0.4, -0.2) is 37.6 Å². The van der Waals surface area contributed by atoms with Crippen LogP contribution in [0.15, 0.2) is 0 Å². The molecule has 0 amide bonds. The minimum absolute atomic E-state index is 0.827. The molecule has 0 aromatic heterocycles. The monoisotopic (exact) mass is 238 g/mol. The smallest absolute Gasteiger partial charge is 0.00698 e. The molecule has 2 rings (SSSR count). The maximum atomic E-state index is 3.85. The first-order chi connectivity index (χ1) is 8.28. The van der Waals surface area contributed by atoms with Gasteiger partial charge in [-0.2, -0.15) is 0 Å². The maximum Gasteiger partial charge on any atom is 0.00698 e. The molecule has 2 heteroatoms. The molecule has 0 aromatic rings. The second kappa shape index (κ2) is 6.75. The van der Waals surface area contributed by atoms with Crippen LogP contribution < -0.4 is 5.32 Å². The lowest BCUT2D eigenvalue weighted by Crippen LogP contribution is -2.40. The molecule has 0 bridgehead atoms. The van der Waals surface area contributed by atoms with E-state index < -0.39 is 0 Å². The molecule has 0 spiro atoms. The summed E-state index contributed by atoms with van der Waals surface area (Å²) in [7, 11) is 2.25. The highest BCUT2D eigenvalue weighted by atomic mass is 15.1. The lowest BCUT2D eigenvalue weighted by atomic mass is 9.84. The van der Waals surface area contributed by atoms with Gasteiger partial charge in [0.2, 0.25) is 0 Å². The lowest BCUT2D eigenvalue weighted by Gasteiger charge is -2.33. The fraction of sp³-hybridized carbons (Fsp3) is 1.00. The minimum atomic E-state index is 0.827. The van der Waals surface area contributed by atoms with Crippen LogP contribution in [0, 0.1) is 11.8 Å². The van der Waals surface area contributed by atoms with Gasteiger partial charge in [0, 0.05) is 6.04 Å². The molecule has 0 radical (unpaired) electrons. The zero-order valence-electron chi connectivity index (χ0n) is 11.8. The van der Waals surface area contributed by atoms with Crippen LogP contribution >= 0.6 is 0 Å². The Morgan fingerprint density at radius 2 is 1.82 bits per heavy atom. The summed E-state index contributed by atoms with van der Waals surface area (Å²) in [5, 5.41) is 3.85. The third-order valence-corrected chi connectivity index (χ3v) is 4.89. The number of piperidine rings is 1. The Balaban J connectivity index is 1.64. The molecular formula is C15H30N2. The number of nitrogens with zero attached hydrogens (tertiary/aromatic N) is 1. The maximum absolute atomic E-state index is 3.85. The summed E-state index contributed by atoms with van der Waals surface area (Å²) in [4.78, 5) is 2.46. The van der Waals surface area contributed by atoms with Gasteiger partial charge in [-0.05, 0) is 64.2 Å².